The summed E-state index contributed by atoms with van der Waals surface area (Å²) in [6, 6.07) is 12.1. The summed E-state index contributed by atoms with van der Waals surface area (Å²) in [5.74, 6) is 0.397. The number of ether oxygens (including phenoxy) is 3. The highest BCUT2D eigenvalue weighted by Gasteiger charge is 2.19. The number of aryl methyl sites for hydroxylation is 1. The van der Waals surface area contributed by atoms with Gasteiger partial charge in [-0.2, -0.15) is 0 Å². The maximum absolute atomic E-state index is 12.5. The van der Waals surface area contributed by atoms with Crippen molar-refractivity contribution in [2.24, 2.45) is 0 Å². The molecule has 0 bridgehead atoms. The van der Waals surface area contributed by atoms with Gasteiger partial charge in [0.2, 0.25) is 0 Å². The Hall–Kier alpha value is -3.02. The van der Waals surface area contributed by atoms with Crippen molar-refractivity contribution in [3.63, 3.8) is 0 Å². The fourth-order valence-corrected chi connectivity index (χ4v) is 2.43. The van der Waals surface area contributed by atoms with Crippen molar-refractivity contribution in [1.29, 1.82) is 0 Å². The summed E-state index contributed by atoms with van der Waals surface area (Å²) in [5, 5.41) is 2.85. The lowest BCUT2D eigenvalue weighted by Crippen LogP contribution is -2.29. The zero-order valence-electron chi connectivity index (χ0n) is 16.9. The number of hydrogen-bond acceptors (Lipinski definition) is 5. The van der Waals surface area contributed by atoms with Crippen LogP contribution in [0.15, 0.2) is 42.5 Å². The molecule has 0 aliphatic rings. The first kappa shape index (κ1) is 21.3. The van der Waals surface area contributed by atoms with Crippen molar-refractivity contribution in [3.05, 3.63) is 53.6 Å². The lowest BCUT2D eigenvalue weighted by Gasteiger charge is -2.17. The van der Waals surface area contributed by atoms with Gasteiger partial charge in [-0.05, 0) is 69.2 Å². The van der Waals surface area contributed by atoms with E-state index in [0.717, 1.165) is 12.0 Å². The van der Waals surface area contributed by atoms with Gasteiger partial charge in [0.15, 0.2) is 6.10 Å². The quantitative estimate of drug-likeness (QED) is 0.683. The van der Waals surface area contributed by atoms with E-state index < -0.39 is 12.1 Å². The highest BCUT2D eigenvalue weighted by atomic mass is 16.6. The number of hydrogen-bond donors (Lipinski definition) is 1. The molecule has 1 N–H and O–H groups in total. The molecule has 1 amide bonds. The second-order valence-corrected chi connectivity index (χ2v) is 6.60. The SMILES string of the molecule is CCC(C)OC(=O)C(C)Oc1ccc(C(=O)Nc2cc(C)ccc2OC)cc1. The van der Waals surface area contributed by atoms with Crippen molar-refractivity contribution in [3.8, 4) is 11.5 Å². The maximum Gasteiger partial charge on any atom is 0.347 e. The van der Waals surface area contributed by atoms with Crippen molar-refractivity contribution in [2.75, 3.05) is 12.4 Å². The Balaban J connectivity index is 2.01. The summed E-state index contributed by atoms with van der Waals surface area (Å²) in [4.78, 5) is 24.5. The second-order valence-electron chi connectivity index (χ2n) is 6.60. The van der Waals surface area contributed by atoms with Crippen LogP contribution in [0.1, 0.15) is 43.1 Å². The third-order valence-corrected chi connectivity index (χ3v) is 4.26. The predicted molar refractivity (Wildman–Crippen MR) is 108 cm³/mol. The van der Waals surface area contributed by atoms with Crippen LogP contribution in [0.4, 0.5) is 5.69 Å². The van der Waals surface area contributed by atoms with Gasteiger partial charge in [-0.25, -0.2) is 4.79 Å². The molecule has 0 fully saturated rings. The number of carbonyl (C=O) groups is 2. The number of nitrogens with one attached hydrogen (secondary N) is 1. The Morgan fingerprint density at radius 1 is 1.07 bits per heavy atom. The van der Waals surface area contributed by atoms with Crippen LogP contribution in [0.25, 0.3) is 0 Å². The van der Waals surface area contributed by atoms with E-state index >= 15 is 0 Å². The number of rotatable bonds is 8. The van der Waals surface area contributed by atoms with Gasteiger partial charge in [-0.3, -0.25) is 4.79 Å². The Morgan fingerprint density at radius 2 is 1.75 bits per heavy atom. The average Bonchev–Trinajstić information content (AvgIpc) is 2.68. The van der Waals surface area contributed by atoms with Gasteiger partial charge in [-0.1, -0.05) is 13.0 Å². The Kier molecular flexibility index (Phi) is 7.44. The van der Waals surface area contributed by atoms with Crippen LogP contribution in [-0.4, -0.2) is 31.2 Å². The van der Waals surface area contributed by atoms with Gasteiger partial charge in [0.25, 0.3) is 5.91 Å². The zero-order valence-corrected chi connectivity index (χ0v) is 16.9. The minimum absolute atomic E-state index is 0.150. The predicted octanol–water partition coefficient (Wildman–Crippen LogP) is 4.36. The van der Waals surface area contributed by atoms with Crippen LogP contribution in [0.5, 0.6) is 11.5 Å². The lowest BCUT2D eigenvalue weighted by atomic mass is 10.1. The van der Waals surface area contributed by atoms with Crippen molar-refractivity contribution in [1.82, 2.24) is 0 Å². The number of amides is 1. The molecule has 28 heavy (non-hydrogen) atoms. The standard InChI is InChI=1S/C22H27NO5/c1-6-15(3)27-22(25)16(4)28-18-10-8-17(9-11-18)21(24)23-19-13-14(2)7-12-20(19)26-5/h7-13,15-16H,6H2,1-5H3,(H,23,24). The minimum Gasteiger partial charge on any atom is -0.495 e. The van der Waals surface area contributed by atoms with Crippen LogP contribution in [0.3, 0.4) is 0 Å². The zero-order chi connectivity index (χ0) is 20.7. The topological polar surface area (TPSA) is 73.9 Å². The molecule has 0 aromatic heterocycles. The summed E-state index contributed by atoms with van der Waals surface area (Å²) in [6.45, 7) is 7.35. The lowest BCUT2D eigenvalue weighted by molar-refractivity contribution is -0.155. The molecule has 0 aliphatic heterocycles. The molecule has 6 nitrogen and oxygen atoms in total. The molecule has 2 aromatic carbocycles. The third-order valence-electron chi connectivity index (χ3n) is 4.26. The van der Waals surface area contributed by atoms with Gasteiger partial charge in [-0.15, -0.1) is 0 Å². The Morgan fingerprint density at radius 3 is 2.36 bits per heavy atom. The number of benzene rings is 2. The third kappa shape index (κ3) is 5.74. The summed E-state index contributed by atoms with van der Waals surface area (Å²) in [6.07, 6.45) is -0.137. The first-order valence-electron chi connectivity index (χ1n) is 9.27. The first-order valence-corrected chi connectivity index (χ1v) is 9.27. The normalized spacial score (nSPS) is 12.6. The average molecular weight is 385 g/mol. The number of carbonyl (C=O) groups excluding carboxylic acids is 2. The van der Waals surface area contributed by atoms with E-state index in [1.807, 2.05) is 39.0 Å². The molecule has 6 heteroatoms. The molecular weight excluding hydrogens is 358 g/mol. The molecule has 0 saturated heterocycles. The van der Waals surface area contributed by atoms with E-state index in [0.29, 0.717) is 22.7 Å². The number of esters is 1. The van der Waals surface area contributed by atoms with Crippen molar-refractivity contribution >= 4 is 17.6 Å². The van der Waals surface area contributed by atoms with Crippen LogP contribution in [0.2, 0.25) is 0 Å². The van der Waals surface area contributed by atoms with E-state index in [1.54, 1.807) is 38.3 Å². The Labute approximate surface area is 165 Å². The van der Waals surface area contributed by atoms with Crippen LogP contribution in [0, 0.1) is 6.92 Å². The summed E-state index contributed by atoms with van der Waals surface area (Å²) < 4.78 is 16.1. The molecule has 2 atom stereocenters. The van der Waals surface area contributed by atoms with E-state index in [4.69, 9.17) is 14.2 Å². The van der Waals surface area contributed by atoms with E-state index in [2.05, 4.69) is 5.32 Å². The molecule has 0 spiro atoms. The molecule has 150 valence electrons. The number of methoxy groups -OCH3 is 1. The highest BCUT2D eigenvalue weighted by molar-refractivity contribution is 6.05. The van der Waals surface area contributed by atoms with E-state index in [1.165, 1.54) is 0 Å². The molecule has 0 saturated carbocycles. The molecule has 0 radical (unpaired) electrons. The summed E-state index contributed by atoms with van der Waals surface area (Å²) >= 11 is 0. The van der Waals surface area contributed by atoms with Gasteiger partial charge >= 0.3 is 5.97 Å². The molecule has 2 unspecified atom stereocenters. The first-order chi connectivity index (χ1) is 13.3. The van der Waals surface area contributed by atoms with Gasteiger partial charge in [0.1, 0.15) is 11.5 Å². The molecule has 0 aliphatic carbocycles. The van der Waals surface area contributed by atoms with Gasteiger partial charge in [0.05, 0.1) is 18.9 Å². The Bertz CT molecular complexity index is 816. The number of anilines is 1. The van der Waals surface area contributed by atoms with Crippen LogP contribution >= 0.6 is 0 Å². The molecule has 2 rings (SSSR count). The minimum atomic E-state index is -0.731. The van der Waals surface area contributed by atoms with Crippen molar-refractivity contribution < 1.29 is 23.8 Å². The van der Waals surface area contributed by atoms with Crippen molar-refractivity contribution in [2.45, 2.75) is 46.3 Å². The fraction of sp³-hybridized carbons (Fsp3) is 0.364. The fourth-order valence-electron chi connectivity index (χ4n) is 2.43. The van der Waals surface area contributed by atoms with E-state index in [-0.39, 0.29) is 12.0 Å². The molecule has 0 heterocycles. The van der Waals surface area contributed by atoms with Crippen LogP contribution < -0.4 is 14.8 Å². The summed E-state index contributed by atoms with van der Waals surface area (Å²) in [5.41, 5.74) is 2.08. The molecule has 2 aromatic rings. The molecular formula is C22H27NO5. The highest BCUT2D eigenvalue weighted by Crippen LogP contribution is 2.26. The summed E-state index contributed by atoms with van der Waals surface area (Å²) in [7, 11) is 1.56. The van der Waals surface area contributed by atoms with Gasteiger partial charge < -0.3 is 19.5 Å². The second kappa shape index (κ2) is 9.78. The smallest absolute Gasteiger partial charge is 0.347 e. The van der Waals surface area contributed by atoms with Gasteiger partial charge in [0, 0.05) is 5.56 Å². The van der Waals surface area contributed by atoms with E-state index in [9.17, 15) is 9.59 Å². The monoisotopic (exact) mass is 385 g/mol. The van der Waals surface area contributed by atoms with Crippen LogP contribution in [-0.2, 0) is 9.53 Å². The maximum atomic E-state index is 12.5. The largest absolute Gasteiger partial charge is 0.495 e.